The first-order chi connectivity index (χ1) is 11.6. The normalized spacial score (nSPS) is 13.0. The minimum Gasteiger partial charge on any atom is -0.490 e. The van der Waals surface area contributed by atoms with Gasteiger partial charge in [0.15, 0.2) is 0 Å². The van der Waals surface area contributed by atoms with E-state index in [1.54, 1.807) is 23.1 Å². The van der Waals surface area contributed by atoms with Crippen molar-refractivity contribution in [2.75, 3.05) is 23.4 Å². The lowest BCUT2D eigenvalue weighted by Gasteiger charge is -2.29. The lowest BCUT2D eigenvalue weighted by molar-refractivity contribution is -0.117. The highest BCUT2D eigenvalue weighted by molar-refractivity contribution is 5.96. The maximum Gasteiger partial charge on any atom is 0.224 e. The standard InChI is InChI=1S/C19H20N2O3/c1-14(22)21-11-12-24-18-9-8-16(13-17(18)21)20-19(23)10-7-15-5-3-2-4-6-15/h2-6,8-9,13H,7,10-12H2,1H3,(H,20,23). The van der Waals surface area contributed by atoms with Crippen molar-refractivity contribution < 1.29 is 14.3 Å². The predicted octanol–water partition coefficient (Wildman–Crippen LogP) is 3.00. The van der Waals surface area contributed by atoms with Gasteiger partial charge in [-0.3, -0.25) is 9.59 Å². The summed E-state index contributed by atoms with van der Waals surface area (Å²) in [6.45, 7) is 2.53. The number of amides is 2. The van der Waals surface area contributed by atoms with Gasteiger partial charge in [0.05, 0.1) is 12.2 Å². The molecule has 0 aromatic heterocycles. The van der Waals surface area contributed by atoms with E-state index in [4.69, 9.17) is 4.74 Å². The second-order valence-electron chi connectivity index (χ2n) is 5.74. The molecule has 1 aliphatic rings. The van der Waals surface area contributed by atoms with Crippen LogP contribution in [0.4, 0.5) is 11.4 Å². The summed E-state index contributed by atoms with van der Waals surface area (Å²) in [7, 11) is 0. The Bertz CT molecular complexity index is 744. The van der Waals surface area contributed by atoms with Crippen molar-refractivity contribution in [2.45, 2.75) is 19.8 Å². The maximum absolute atomic E-state index is 12.1. The van der Waals surface area contributed by atoms with Crippen LogP contribution in [0.2, 0.25) is 0 Å². The minimum absolute atomic E-state index is 0.0351. The molecule has 0 radical (unpaired) electrons. The number of hydrogen-bond donors (Lipinski definition) is 1. The van der Waals surface area contributed by atoms with E-state index in [2.05, 4.69) is 5.32 Å². The number of aryl methyl sites for hydroxylation is 1. The second kappa shape index (κ2) is 7.17. The third-order valence-corrected chi connectivity index (χ3v) is 3.97. The molecule has 2 aromatic rings. The van der Waals surface area contributed by atoms with Crippen LogP contribution in [-0.4, -0.2) is 25.0 Å². The summed E-state index contributed by atoms with van der Waals surface area (Å²) in [6.07, 6.45) is 1.11. The van der Waals surface area contributed by atoms with Gasteiger partial charge in [-0.05, 0) is 30.2 Å². The van der Waals surface area contributed by atoms with Gasteiger partial charge in [0.2, 0.25) is 11.8 Å². The Morgan fingerprint density at radius 2 is 1.96 bits per heavy atom. The largest absolute Gasteiger partial charge is 0.490 e. The van der Waals surface area contributed by atoms with Crippen LogP contribution in [0, 0.1) is 0 Å². The molecule has 2 aromatic carbocycles. The highest BCUT2D eigenvalue weighted by Gasteiger charge is 2.21. The topological polar surface area (TPSA) is 58.6 Å². The number of anilines is 2. The molecule has 5 nitrogen and oxygen atoms in total. The number of carbonyl (C=O) groups excluding carboxylic acids is 2. The number of hydrogen-bond acceptors (Lipinski definition) is 3. The van der Waals surface area contributed by atoms with Crippen molar-refractivity contribution >= 4 is 23.2 Å². The number of benzene rings is 2. The van der Waals surface area contributed by atoms with Crippen LogP contribution in [0.1, 0.15) is 18.9 Å². The van der Waals surface area contributed by atoms with Crippen molar-refractivity contribution in [2.24, 2.45) is 0 Å². The zero-order chi connectivity index (χ0) is 16.9. The van der Waals surface area contributed by atoms with Gasteiger partial charge < -0.3 is 15.0 Å². The lowest BCUT2D eigenvalue weighted by Crippen LogP contribution is -2.36. The Kier molecular flexibility index (Phi) is 4.79. The molecule has 2 amide bonds. The summed E-state index contributed by atoms with van der Waals surface area (Å²) < 4.78 is 5.56. The summed E-state index contributed by atoms with van der Waals surface area (Å²) in [5, 5.41) is 2.89. The van der Waals surface area contributed by atoms with Crippen LogP contribution in [0.5, 0.6) is 5.75 Å². The molecule has 0 saturated heterocycles. The Morgan fingerprint density at radius 1 is 1.17 bits per heavy atom. The molecular formula is C19H20N2O3. The third kappa shape index (κ3) is 3.74. The van der Waals surface area contributed by atoms with Gasteiger partial charge in [-0.1, -0.05) is 30.3 Å². The zero-order valence-electron chi connectivity index (χ0n) is 13.6. The van der Waals surface area contributed by atoms with Gasteiger partial charge >= 0.3 is 0 Å². The molecule has 3 rings (SSSR count). The Balaban J connectivity index is 1.66. The third-order valence-electron chi connectivity index (χ3n) is 3.97. The smallest absolute Gasteiger partial charge is 0.224 e. The van der Waals surface area contributed by atoms with Gasteiger partial charge in [0.1, 0.15) is 12.4 Å². The Labute approximate surface area is 141 Å². The van der Waals surface area contributed by atoms with Gasteiger partial charge in [0, 0.05) is 19.0 Å². The van der Waals surface area contributed by atoms with Crippen molar-refractivity contribution in [1.29, 1.82) is 0 Å². The number of nitrogens with zero attached hydrogens (tertiary/aromatic N) is 1. The molecule has 5 heteroatoms. The highest BCUT2D eigenvalue weighted by atomic mass is 16.5. The van der Waals surface area contributed by atoms with Crippen LogP contribution in [-0.2, 0) is 16.0 Å². The number of ether oxygens (including phenoxy) is 1. The molecule has 24 heavy (non-hydrogen) atoms. The number of rotatable bonds is 4. The zero-order valence-corrected chi connectivity index (χ0v) is 13.6. The quantitative estimate of drug-likeness (QED) is 0.940. The second-order valence-corrected chi connectivity index (χ2v) is 5.74. The van der Waals surface area contributed by atoms with Crippen LogP contribution in [0.3, 0.4) is 0 Å². The van der Waals surface area contributed by atoms with E-state index < -0.39 is 0 Å². The van der Waals surface area contributed by atoms with Gasteiger partial charge in [-0.15, -0.1) is 0 Å². The molecule has 0 bridgehead atoms. The van der Waals surface area contributed by atoms with Crippen LogP contribution < -0.4 is 15.0 Å². The van der Waals surface area contributed by atoms with Gasteiger partial charge in [0.25, 0.3) is 0 Å². The van der Waals surface area contributed by atoms with Crippen LogP contribution in [0.15, 0.2) is 48.5 Å². The summed E-state index contributed by atoms with van der Waals surface area (Å²) in [4.78, 5) is 25.5. The monoisotopic (exact) mass is 324 g/mol. The van der Waals surface area contributed by atoms with Gasteiger partial charge in [-0.25, -0.2) is 0 Å². The molecule has 0 aliphatic carbocycles. The van der Waals surface area contributed by atoms with Gasteiger partial charge in [-0.2, -0.15) is 0 Å². The maximum atomic E-state index is 12.1. The molecule has 1 N–H and O–H groups in total. The predicted molar refractivity (Wildman–Crippen MR) is 93.4 cm³/mol. The Hall–Kier alpha value is -2.82. The summed E-state index contributed by atoms with van der Waals surface area (Å²) in [5.74, 6) is 0.579. The first-order valence-corrected chi connectivity index (χ1v) is 8.02. The summed E-state index contributed by atoms with van der Waals surface area (Å²) in [5.41, 5.74) is 2.51. The van der Waals surface area contributed by atoms with E-state index in [-0.39, 0.29) is 11.8 Å². The van der Waals surface area contributed by atoms with Crippen molar-refractivity contribution in [3.8, 4) is 5.75 Å². The molecule has 124 valence electrons. The van der Waals surface area contributed by atoms with E-state index >= 15 is 0 Å². The fraction of sp³-hybridized carbons (Fsp3) is 0.263. The Morgan fingerprint density at radius 3 is 2.71 bits per heavy atom. The molecule has 1 heterocycles. The molecule has 0 unspecified atom stereocenters. The fourth-order valence-electron chi connectivity index (χ4n) is 2.75. The van der Waals surface area contributed by atoms with E-state index in [9.17, 15) is 9.59 Å². The minimum atomic E-state index is -0.0510. The van der Waals surface area contributed by atoms with E-state index in [0.717, 1.165) is 5.56 Å². The number of carbonyl (C=O) groups is 2. The number of nitrogens with one attached hydrogen (secondary N) is 1. The lowest BCUT2D eigenvalue weighted by atomic mass is 10.1. The van der Waals surface area contributed by atoms with Crippen LogP contribution >= 0.6 is 0 Å². The molecule has 0 saturated carbocycles. The van der Waals surface area contributed by atoms with E-state index in [0.29, 0.717) is 43.1 Å². The van der Waals surface area contributed by atoms with E-state index in [1.807, 2.05) is 30.3 Å². The molecular weight excluding hydrogens is 304 g/mol. The molecule has 1 aliphatic heterocycles. The first kappa shape index (κ1) is 16.1. The van der Waals surface area contributed by atoms with E-state index in [1.165, 1.54) is 6.92 Å². The van der Waals surface area contributed by atoms with Crippen molar-refractivity contribution in [1.82, 2.24) is 0 Å². The summed E-state index contributed by atoms with van der Waals surface area (Å²) >= 11 is 0. The van der Waals surface area contributed by atoms with Crippen molar-refractivity contribution in [3.05, 3.63) is 54.1 Å². The van der Waals surface area contributed by atoms with Crippen molar-refractivity contribution in [3.63, 3.8) is 0 Å². The molecule has 0 fully saturated rings. The average molecular weight is 324 g/mol. The van der Waals surface area contributed by atoms with Crippen LogP contribution in [0.25, 0.3) is 0 Å². The fourth-order valence-corrected chi connectivity index (χ4v) is 2.75. The molecule has 0 spiro atoms. The summed E-state index contributed by atoms with van der Waals surface area (Å²) in [6, 6.07) is 15.3. The SMILES string of the molecule is CC(=O)N1CCOc2ccc(NC(=O)CCc3ccccc3)cc21. The number of fused-ring (bicyclic) bond motifs is 1. The average Bonchev–Trinajstić information content (AvgIpc) is 2.60. The highest BCUT2D eigenvalue weighted by Crippen LogP contribution is 2.34. The first-order valence-electron chi connectivity index (χ1n) is 8.02. The molecule has 0 atom stereocenters.